The van der Waals surface area contributed by atoms with Gasteiger partial charge in [0.25, 0.3) is 0 Å². The molecular formula is C18H18F5NO. The molecule has 2 rings (SSSR count). The van der Waals surface area contributed by atoms with E-state index in [9.17, 15) is 22.0 Å². The van der Waals surface area contributed by atoms with E-state index in [4.69, 9.17) is 10.5 Å². The Morgan fingerprint density at radius 2 is 1.48 bits per heavy atom. The lowest BCUT2D eigenvalue weighted by atomic mass is 9.96. The summed E-state index contributed by atoms with van der Waals surface area (Å²) >= 11 is 0. The number of hydrogen-bond donors (Lipinski definition) is 1. The van der Waals surface area contributed by atoms with Gasteiger partial charge in [0.1, 0.15) is 18.4 Å². The molecule has 25 heavy (non-hydrogen) atoms. The lowest BCUT2D eigenvalue weighted by molar-refractivity contribution is -0.291. The van der Waals surface area contributed by atoms with Gasteiger partial charge in [0.2, 0.25) is 0 Å². The second-order valence-corrected chi connectivity index (χ2v) is 5.86. The average Bonchev–Trinajstić information content (AvgIpc) is 2.53. The van der Waals surface area contributed by atoms with E-state index in [1.165, 1.54) is 12.1 Å². The highest BCUT2D eigenvalue weighted by molar-refractivity contribution is 5.45. The van der Waals surface area contributed by atoms with E-state index in [0.29, 0.717) is 16.9 Å². The normalized spacial score (nSPS) is 13.6. The van der Waals surface area contributed by atoms with Gasteiger partial charge in [-0.2, -0.15) is 22.0 Å². The highest BCUT2D eigenvalue weighted by atomic mass is 19.4. The molecule has 0 aliphatic carbocycles. The number of nitrogens with two attached hydrogens (primary N) is 1. The molecule has 7 heteroatoms. The Labute approximate surface area is 142 Å². The van der Waals surface area contributed by atoms with Gasteiger partial charge in [0, 0.05) is 0 Å². The number of ether oxygens (including phenoxy) is 1. The van der Waals surface area contributed by atoms with Crippen LogP contribution >= 0.6 is 0 Å². The Kier molecular flexibility index (Phi) is 5.37. The van der Waals surface area contributed by atoms with Crippen LogP contribution < -0.4 is 10.5 Å². The Balaban J connectivity index is 2.25. The molecule has 136 valence electrons. The van der Waals surface area contributed by atoms with Crippen LogP contribution in [0.4, 0.5) is 22.0 Å². The monoisotopic (exact) mass is 359 g/mol. The number of aryl methyl sites for hydroxylation is 2. The summed E-state index contributed by atoms with van der Waals surface area (Å²) in [5.74, 6) is -4.58. The highest BCUT2D eigenvalue weighted by Gasteiger charge is 2.61. The van der Waals surface area contributed by atoms with Crippen LogP contribution in [0, 0.1) is 13.8 Å². The maximum absolute atomic E-state index is 13.5. The van der Waals surface area contributed by atoms with Crippen molar-refractivity contribution < 1.29 is 26.7 Å². The van der Waals surface area contributed by atoms with E-state index >= 15 is 0 Å². The van der Waals surface area contributed by atoms with Crippen molar-refractivity contribution in [1.29, 1.82) is 0 Å². The number of alkyl halides is 5. The summed E-state index contributed by atoms with van der Waals surface area (Å²) in [5.41, 5.74) is 6.71. The molecule has 0 amide bonds. The zero-order valence-electron chi connectivity index (χ0n) is 13.7. The van der Waals surface area contributed by atoms with Crippen LogP contribution in [0.2, 0.25) is 0 Å². The number of halogens is 5. The average molecular weight is 359 g/mol. The van der Waals surface area contributed by atoms with E-state index in [2.05, 4.69) is 0 Å². The van der Waals surface area contributed by atoms with Crippen LogP contribution in [-0.4, -0.2) is 12.1 Å². The molecule has 2 N–H and O–H groups in total. The van der Waals surface area contributed by atoms with Crippen LogP contribution in [0.1, 0.15) is 28.3 Å². The molecule has 0 fully saturated rings. The Morgan fingerprint density at radius 1 is 0.960 bits per heavy atom. The molecule has 0 saturated heterocycles. The molecule has 0 aliphatic rings. The fourth-order valence-electron chi connectivity index (χ4n) is 2.51. The summed E-state index contributed by atoms with van der Waals surface area (Å²) in [6.45, 7) is 3.41. The minimum atomic E-state index is -5.71. The van der Waals surface area contributed by atoms with Gasteiger partial charge in [0.15, 0.2) is 0 Å². The van der Waals surface area contributed by atoms with E-state index < -0.39 is 18.1 Å². The molecular weight excluding hydrogens is 341 g/mol. The SMILES string of the molecule is Cc1cc([C@H](N)C(F)(F)C(F)(F)F)cc(C)c1OCc1ccccc1. The van der Waals surface area contributed by atoms with Crippen molar-refractivity contribution >= 4 is 0 Å². The largest absolute Gasteiger partial charge is 0.488 e. The number of rotatable bonds is 5. The quantitative estimate of drug-likeness (QED) is 0.756. The smallest absolute Gasteiger partial charge is 0.455 e. The van der Waals surface area contributed by atoms with Gasteiger partial charge in [-0.3, -0.25) is 0 Å². The molecule has 0 heterocycles. The third kappa shape index (κ3) is 4.10. The summed E-state index contributed by atoms with van der Waals surface area (Å²) < 4.78 is 70.1. The molecule has 0 radical (unpaired) electrons. The lowest BCUT2D eigenvalue weighted by Crippen LogP contribution is -2.45. The number of benzene rings is 2. The van der Waals surface area contributed by atoms with E-state index in [0.717, 1.165) is 5.56 Å². The minimum absolute atomic E-state index is 0.257. The van der Waals surface area contributed by atoms with Crippen molar-refractivity contribution in [1.82, 2.24) is 0 Å². The fraction of sp³-hybridized carbons (Fsp3) is 0.333. The van der Waals surface area contributed by atoms with Crippen molar-refractivity contribution in [3.8, 4) is 5.75 Å². The third-order valence-corrected chi connectivity index (χ3v) is 3.84. The van der Waals surface area contributed by atoms with Crippen LogP contribution in [0.15, 0.2) is 42.5 Å². The Hall–Kier alpha value is -2.15. The first-order chi connectivity index (χ1) is 11.5. The zero-order valence-corrected chi connectivity index (χ0v) is 13.7. The van der Waals surface area contributed by atoms with Crippen molar-refractivity contribution in [3.05, 3.63) is 64.7 Å². The second-order valence-electron chi connectivity index (χ2n) is 5.86. The second kappa shape index (κ2) is 7.00. The summed E-state index contributed by atoms with van der Waals surface area (Å²) in [4.78, 5) is 0. The van der Waals surface area contributed by atoms with Crippen molar-refractivity contribution in [2.45, 2.75) is 38.6 Å². The van der Waals surface area contributed by atoms with Crippen molar-refractivity contribution in [3.63, 3.8) is 0 Å². The van der Waals surface area contributed by atoms with E-state index in [-0.39, 0.29) is 12.2 Å². The summed E-state index contributed by atoms with van der Waals surface area (Å²) in [6, 6.07) is 9.21. The molecule has 0 spiro atoms. The molecule has 0 aliphatic heterocycles. The highest BCUT2D eigenvalue weighted by Crippen LogP contribution is 2.44. The predicted octanol–water partition coefficient (Wildman–Crippen LogP) is 5.08. The van der Waals surface area contributed by atoms with E-state index in [1.807, 2.05) is 30.3 Å². The summed E-state index contributed by atoms with van der Waals surface area (Å²) in [5, 5.41) is 0. The van der Waals surface area contributed by atoms with Crippen LogP contribution in [0.5, 0.6) is 5.75 Å². The molecule has 1 atom stereocenters. The van der Waals surface area contributed by atoms with Crippen LogP contribution in [-0.2, 0) is 6.61 Å². The van der Waals surface area contributed by atoms with Crippen LogP contribution in [0.3, 0.4) is 0 Å². The topological polar surface area (TPSA) is 35.2 Å². The van der Waals surface area contributed by atoms with Gasteiger partial charge >= 0.3 is 12.1 Å². The minimum Gasteiger partial charge on any atom is -0.488 e. The lowest BCUT2D eigenvalue weighted by Gasteiger charge is -2.27. The van der Waals surface area contributed by atoms with Gasteiger partial charge in [-0.15, -0.1) is 0 Å². The van der Waals surface area contributed by atoms with Crippen molar-refractivity contribution in [2.75, 3.05) is 0 Å². The van der Waals surface area contributed by atoms with Crippen molar-refractivity contribution in [2.24, 2.45) is 5.73 Å². The van der Waals surface area contributed by atoms with Gasteiger partial charge in [-0.1, -0.05) is 42.5 Å². The Morgan fingerprint density at radius 3 is 1.96 bits per heavy atom. The van der Waals surface area contributed by atoms with Gasteiger partial charge < -0.3 is 10.5 Å². The molecule has 0 unspecified atom stereocenters. The molecule has 0 saturated carbocycles. The third-order valence-electron chi connectivity index (χ3n) is 3.84. The Bertz CT molecular complexity index is 705. The van der Waals surface area contributed by atoms with Gasteiger partial charge in [0.05, 0.1) is 0 Å². The molecule has 0 bridgehead atoms. The first-order valence-electron chi connectivity index (χ1n) is 7.52. The van der Waals surface area contributed by atoms with Gasteiger partial charge in [-0.25, -0.2) is 0 Å². The molecule has 2 aromatic carbocycles. The molecule has 2 aromatic rings. The summed E-state index contributed by atoms with van der Waals surface area (Å²) in [7, 11) is 0. The predicted molar refractivity (Wildman–Crippen MR) is 84.6 cm³/mol. The fourth-order valence-corrected chi connectivity index (χ4v) is 2.51. The first-order valence-corrected chi connectivity index (χ1v) is 7.52. The number of hydrogen-bond acceptors (Lipinski definition) is 2. The molecule has 0 aromatic heterocycles. The first kappa shape index (κ1) is 19.2. The molecule has 2 nitrogen and oxygen atoms in total. The zero-order chi connectivity index (χ0) is 18.8. The maximum atomic E-state index is 13.5. The summed E-state index contributed by atoms with van der Waals surface area (Å²) in [6.07, 6.45) is -5.71. The van der Waals surface area contributed by atoms with Gasteiger partial charge in [-0.05, 0) is 36.1 Å². The van der Waals surface area contributed by atoms with Crippen LogP contribution in [0.25, 0.3) is 0 Å². The van der Waals surface area contributed by atoms with E-state index in [1.54, 1.807) is 13.8 Å². The maximum Gasteiger partial charge on any atom is 0.455 e. The standard InChI is InChI=1S/C18H18F5NO/c1-11-8-14(16(24)17(19,20)18(21,22)23)9-12(2)15(11)25-10-13-6-4-3-5-7-13/h3-9,16H,10,24H2,1-2H3/t16-/m0/s1.